The first-order valence-corrected chi connectivity index (χ1v) is 8.26. The average Bonchev–Trinajstić information content (AvgIpc) is 2.42. The number of nitrogens with one attached hydrogen (secondary N) is 1. The van der Waals surface area contributed by atoms with Crippen LogP contribution in [0.2, 0.25) is 0 Å². The number of carbonyl (C=O) groups excluding carboxylic acids is 2. The van der Waals surface area contributed by atoms with Gasteiger partial charge in [0.15, 0.2) is 0 Å². The highest BCUT2D eigenvalue weighted by Gasteiger charge is 2.20. The molecule has 0 fully saturated rings. The Hall–Kier alpha value is -1.84. The van der Waals surface area contributed by atoms with Crippen molar-refractivity contribution in [1.29, 1.82) is 0 Å². The Labute approximate surface area is 140 Å². The Kier molecular flexibility index (Phi) is 6.79. The van der Waals surface area contributed by atoms with Crippen LogP contribution in [0.25, 0.3) is 0 Å². The largest absolute Gasteiger partial charge is 0.334 e. The summed E-state index contributed by atoms with van der Waals surface area (Å²) in [5.41, 5.74) is 1.85. The maximum Gasteiger partial charge on any atom is 0.244 e. The van der Waals surface area contributed by atoms with E-state index in [-0.39, 0.29) is 23.8 Å². The molecule has 128 valence electrons. The molecule has 0 aliphatic rings. The summed E-state index contributed by atoms with van der Waals surface area (Å²) < 4.78 is 0. The summed E-state index contributed by atoms with van der Waals surface area (Å²) in [4.78, 5) is 25.7. The Balaban J connectivity index is 2.78. The van der Waals surface area contributed by atoms with E-state index in [4.69, 9.17) is 0 Å². The molecule has 0 atom stereocenters. The summed E-state index contributed by atoms with van der Waals surface area (Å²) >= 11 is 0. The summed E-state index contributed by atoms with van der Waals surface area (Å²) in [6.45, 7) is 12.8. The van der Waals surface area contributed by atoms with Gasteiger partial charge in [0.05, 0.1) is 6.54 Å². The summed E-state index contributed by atoms with van der Waals surface area (Å²) in [6.07, 6.45) is 0.894. The van der Waals surface area contributed by atoms with Crippen LogP contribution in [0.15, 0.2) is 24.3 Å². The second-order valence-electron chi connectivity index (χ2n) is 7.47. The van der Waals surface area contributed by atoms with E-state index in [1.54, 1.807) is 4.90 Å². The number of nitrogens with zero attached hydrogens (tertiary/aromatic N) is 1. The number of anilines is 1. The Morgan fingerprint density at radius 2 is 1.78 bits per heavy atom. The van der Waals surface area contributed by atoms with Crippen molar-refractivity contribution >= 4 is 17.5 Å². The van der Waals surface area contributed by atoms with Crippen molar-refractivity contribution in [2.24, 2.45) is 5.92 Å². The van der Waals surface area contributed by atoms with Crippen molar-refractivity contribution < 1.29 is 9.59 Å². The van der Waals surface area contributed by atoms with Crippen molar-refractivity contribution in [1.82, 2.24) is 4.90 Å². The lowest BCUT2D eigenvalue weighted by Crippen LogP contribution is -2.38. The zero-order chi connectivity index (χ0) is 17.6. The number of amides is 2. The molecule has 1 aromatic rings. The maximum absolute atomic E-state index is 12.3. The van der Waals surface area contributed by atoms with Gasteiger partial charge in [0.2, 0.25) is 11.8 Å². The molecule has 0 spiro atoms. The molecule has 1 aromatic carbocycles. The molecule has 0 aliphatic carbocycles. The van der Waals surface area contributed by atoms with Crippen molar-refractivity contribution in [2.45, 2.75) is 53.4 Å². The number of carbonyl (C=O) groups is 2. The Morgan fingerprint density at radius 3 is 2.30 bits per heavy atom. The molecule has 0 unspecified atom stereocenters. The molecule has 0 bridgehead atoms. The first-order valence-electron chi connectivity index (χ1n) is 8.26. The van der Waals surface area contributed by atoms with E-state index >= 15 is 0 Å². The second-order valence-corrected chi connectivity index (χ2v) is 7.47. The molecule has 4 heteroatoms. The standard InChI is InChI=1S/C19H30N2O2/c1-14(2)11-12-21(15(3)22)13-18(23)20-17-10-8-7-9-16(17)19(4,5)6/h7-10,14H,11-13H2,1-6H3,(H,20,23). The molecule has 1 rings (SSSR count). The van der Waals surface area contributed by atoms with E-state index in [1.165, 1.54) is 6.92 Å². The van der Waals surface area contributed by atoms with Gasteiger partial charge in [-0.05, 0) is 29.4 Å². The van der Waals surface area contributed by atoms with Gasteiger partial charge in [-0.15, -0.1) is 0 Å². The topological polar surface area (TPSA) is 49.4 Å². The van der Waals surface area contributed by atoms with Crippen molar-refractivity contribution in [3.05, 3.63) is 29.8 Å². The lowest BCUT2D eigenvalue weighted by molar-refractivity contribution is -0.132. The zero-order valence-corrected chi connectivity index (χ0v) is 15.3. The van der Waals surface area contributed by atoms with Crippen LogP contribution in [0.3, 0.4) is 0 Å². The SMILES string of the molecule is CC(=O)N(CCC(C)C)CC(=O)Nc1ccccc1C(C)(C)C. The van der Waals surface area contributed by atoms with Gasteiger partial charge in [0, 0.05) is 19.2 Å². The van der Waals surface area contributed by atoms with Crippen LogP contribution in [0.5, 0.6) is 0 Å². The van der Waals surface area contributed by atoms with E-state index in [0.29, 0.717) is 12.5 Å². The van der Waals surface area contributed by atoms with Gasteiger partial charge in [0.25, 0.3) is 0 Å². The molecule has 0 aliphatic heterocycles. The summed E-state index contributed by atoms with van der Waals surface area (Å²) in [6, 6.07) is 7.81. The van der Waals surface area contributed by atoms with Gasteiger partial charge in [-0.1, -0.05) is 52.8 Å². The van der Waals surface area contributed by atoms with Gasteiger partial charge in [-0.3, -0.25) is 9.59 Å². The van der Waals surface area contributed by atoms with Crippen molar-refractivity contribution in [3.63, 3.8) is 0 Å². The number of para-hydroxylation sites is 1. The van der Waals surface area contributed by atoms with Gasteiger partial charge in [0.1, 0.15) is 0 Å². The molecule has 1 N–H and O–H groups in total. The van der Waals surface area contributed by atoms with Gasteiger partial charge in [-0.25, -0.2) is 0 Å². The normalized spacial score (nSPS) is 11.4. The smallest absolute Gasteiger partial charge is 0.244 e. The molecule has 0 saturated carbocycles. The molecule has 2 amide bonds. The minimum atomic E-state index is -0.152. The molecular formula is C19H30N2O2. The Bertz CT molecular complexity index is 545. The number of benzene rings is 1. The van der Waals surface area contributed by atoms with E-state index in [1.807, 2.05) is 24.3 Å². The Morgan fingerprint density at radius 1 is 1.17 bits per heavy atom. The first kappa shape index (κ1) is 19.2. The average molecular weight is 318 g/mol. The van der Waals surface area contributed by atoms with Crippen LogP contribution in [0.4, 0.5) is 5.69 Å². The van der Waals surface area contributed by atoms with Crippen LogP contribution in [-0.2, 0) is 15.0 Å². The van der Waals surface area contributed by atoms with Crippen LogP contribution in [0.1, 0.15) is 53.5 Å². The molecule has 0 radical (unpaired) electrons. The maximum atomic E-state index is 12.3. The van der Waals surface area contributed by atoms with Crippen LogP contribution < -0.4 is 5.32 Å². The molecular weight excluding hydrogens is 288 g/mol. The lowest BCUT2D eigenvalue weighted by atomic mass is 9.86. The number of hydrogen-bond donors (Lipinski definition) is 1. The summed E-state index contributed by atoms with van der Waals surface area (Å²) in [5, 5.41) is 2.96. The van der Waals surface area contributed by atoms with Crippen molar-refractivity contribution in [2.75, 3.05) is 18.4 Å². The predicted octanol–water partition coefficient (Wildman–Crippen LogP) is 3.82. The lowest BCUT2D eigenvalue weighted by Gasteiger charge is -2.25. The molecule has 0 aromatic heterocycles. The minimum absolute atomic E-state index is 0.0538. The monoisotopic (exact) mass is 318 g/mol. The summed E-state index contributed by atoms with van der Waals surface area (Å²) in [5.74, 6) is 0.284. The third-order valence-electron chi connectivity index (χ3n) is 3.77. The van der Waals surface area contributed by atoms with E-state index < -0.39 is 0 Å². The van der Waals surface area contributed by atoms with Gasteiger partial charge >= 0.3 is 0 Å². The predicted molar refractivity (Wildman–Crippen MR) is 95.5 cm³/mol. The molecule has 4 nitrogen and oxygen atoms in total. The van der Waals surface area contributed by atoms with Gasteiger partial charge in [-0.2, -0.15) is 0 Å². The third-order valence-corrected chi connectivity index (χ3v) is 3.77. The quantitative estimate of drug-likeness (QED) is 0.867. The fourth-order valence-corrected chi connectivity index (χ4v) is 2.37. The van der Waals surface area contributed by atoms with Crippen molar-refractivity contribution in [3.8, 4) is 0 Å². The molecule has 0 saturated heterocycles. The summed E-state index contributed by atoms with van der Waals surface area (Å²) in [7, 11) is 0. The minimum Gasteiger partial charge on any atom is -0.334 e. The third kappa shape index (κ3) is 6.43. The van der Waals surface area contributed by atoms with E-state index in [2.05, 4.69) is 39.9 Å². The van der Waals surface area contributed by atoms with Crippen LogP contribution >= 0.6 is 0 Å². The second kappa shape index (κ2) is 8.14. The first-order chi connectivity index (χ1) is 10.6. The highest BCUT2D eigenvalue weighted by atomic mass is 16.2. The van der Waals surface area contributed by atoms with Crippen LogP contribution in [0, 0.1) is 5.92 Å². The van der Waals surface area contributed by atoms with E-state index in [9.17, 15) is 9.59 Å². The highest BCUT2D eigenvalue weighted by Crippen LogP contribution is 2.29. The molecule has 0 heterocycles. The zero-order valence-electron chi connectivity index (χ0n) is 15.3. The van der Waals surface area contributed by atoms with Gasteiger partial charge < -0.3 is 10.2 Å². The number of rotatable bonds is 6. The fourth-order valence-electron chi connectivity index (χ4n) is 2.37. The fraction of sp³-hybridized carbons (Fsp3) is 0.579. The highest BCUT2D eigenvalue weighted by molar-refractivity contribution is 5.95. The molecule has 23 heavy (non-hydrogen) atoms. The van der Waals surface area contributed by atoms with E-state index in [0.717, 1.165) is 17.7 Å². The number of hydrogen-bond acceptors (Lipinski definition) is 2. The van der Waals surface area contributed by atoms with Crippen LogP contribution in [-0.4, -0.2) is 29.8 Å².